The maximum atomic E-state index is 10.1. The van der Waals surface area contributed by atoms with Crippen LogP contribution in [0.5, 0.6) is 0 Å². The van der Waals surface area contributed by atoms with E-state index >= 15 is 0 Å². The van der Waals surface area contributed by atoms with Gasteiger partial charge >= 0.3 is 0 Å². The molecular weight excluding hydrogens is 202 g/mol. The fourth-order valence-electron chi connectivity index (χ4n) is 2.40. The minimum absolute atomic E-state index is 0.0868. The fraction of sp³-hybridized carbons (Fsp3) is 1.00. The van der Waals surface area contributed by atoms with Crippen molar-refractivity contribution in [3.63, 3.8) is 0 Å². The van der Waals surface area contributed by atoms with E-state index in [1.807, 2.05) is 0 Å². The normalized spacial score (nSPS) is 28.7. The molecule has 0 spiro atoms. The van der Waals surface area contributed by atoms with Gasteiger partial charge in [-0.2, -0.15) is 0 Å². The third-order valence-corrected chi connectivity index (χ3v) is 3.63. The van der Waals surface area contributed by atoms with Crippen LogP contribution in [-0.4, -0.2) is 36.5 Å². The number of rotatable bonds is 5. The lowest BCUT2D eigenvalue weighted by Gasteiger charge is -2.34. The molecule has 0 bridgehead atoms. The predicted octanol–water partition coefficient (Wildman–Crippen LogP) is 1.80. The Balaban J connectivity index is 2.40. The van der Waals surface area contributed by atoms with E-state index in [-0.39, 0.29) is 11.5 Å². The largest absolute Gasteiger partial charge is 0.392 e. The molecule has 1 aliphatic rings. The third-order valence-electron chi connectivity index (χ3n) is 3.63. The van der Waals surface area contributed by atoms with Crippen LogP contribution in [-0.2, 0) is 4.74 Å². The van der Waals surface area contributed by atoms with Crippen LogP contribution in [0.3, 0.4) is 0 Å². The first kappa shape index (κ1) is 13.9. The van der Waals surface area contributed by atoms with Crippen LogP contribution in [0, 0.1) is 11.3 Å². The summed E-state index contributed by atoms with van der Waals surface area (Å²) < 4.78 is 5.51. The maximum Gasteiger partial charge on any atom is 0.0700 e. The molecule has 1 aliphatic heterocycles. The summed E-state index contributed by atoms with van der Waals surface area (Å²) in [6, 6.07) is 0.443. The van der Waals surface area contributed by atoms with Crippen LogP contribution in [0.1, 0.15) is 41.0 Å². The van der Waals surface area contributed by atoms with Crippen molar-refractivity contribution in [2.75, 3.05) is 13.2 Å². The van der Waals surface area contributed by atoms with Crippen molar-refractivity contribution >= 4 is 0 Å². The van der Waals surface area contributed by atoms with Crippen molar-refractivity contribution in [1.29, 1.82) is 0 Å². The predicted molar refractivity (Wildman–Crippen MR) is 66.4 cm³/mol. The summed E-state index contributed by atoms with van der Waals surface area (Å²) >= 11 is 0. The van der Waals surface area contributed by atoms with Gasteiger partial charge in [0.1, 0.15) is 0 Å². The molecule has 3 atom stereocenters. The molecule has 0 radical (unpaired) electrons. The molecule has 1 saturated heterocycles. The monoisotopic (exact) mass is 229 g/mol. The molecule has 1 rings (SSSR count). The lowest BCUT2D eigenvalue weighted by molar-refractivity contribution is 0.0104. The molecule has 2 N–H and O–H groups in total. The minimum atomic E-state index is -0.266. The highest BCUT2D eigenvalue weighted by Crippen LogP contribution is 2.26. The Hall–Kier alpha value is -0.120. The first-order valence-corrected chi connectivity index (χ1v) is 6.37. The minimum Gasteiger partial charge on any atom is -0.392 e. The van der Waals surface area contributed by atoms with Crippen LogP contribution in [0.4, 0.5) is 0 Å². The Morgan fingerprint density at radius 2 is 2.06 bits per heavy atom. The summed E-state index contributed by atoms with van der Waals surface area (Å²) in [5.41, 5.74) is -0.0868. The van der Waals surface area contributed by atoms with Crippen LogP contribution in [0.2, 0.25) is 0 Å². The Morgan fingerprint density at radius 1 is 1.44 bits per heavy atom. The number of aliphatic hydroxyl groups is 1. The highest BCUT2D eigenvalue weighted by Gasteiger charge is 2.32. The Labute approximate surface area is 99.6 Å². The maximum absolute atomic E-state index is 10.1. The van der Waals surface area contributed by atoms with E-state index in [0.717, 1.165) is 19.6 Å². The first-order chi connectivity index (χ1) is 7.34. The van der Waals surface area contributed by atoms with Crippen LogP contribution in [0.15, 0.2) is 0 Å². The van der Waals surface area contributed by atoms with Gasteiger partial charge in [-0.05, 0) is 19.3 Å². The van der Waals surface area contributed by atoms with Gasteiger partial charge < -0.3 is 15.2 Å². The molecule has 0 aromatic carbocycles. The van der Waals surface area contributed by atoms with Crippen molar-refractivity contribution in [2.45, 2.75) is 59.3 Å². The van der Waals surface area contributed by atoms with Gasteiger partial charge in [-0.3, -0.25) is 0 Å². The zero-order valence-corrected chi connectivity index (χ0v) is 11.3. The Morgan fingerprint density at radius 3 is 2.50 bits per heavy atom. The summed E-state index contributed by atoms with van der Waals surface area (Å²) in [5, 5.41) is 13.6. The van der Waals surface area contributed by atoms with Gasteiger partial charge in [0, 0.05) is 24.6 Å². The average Bonchev–Trinajstić information content (AvgIpc) is 2.60. The summed E-state index contributed by atoms with van der Waals surface area (Å²) in [5.74, 6) is 0.300. The van der Waals surface area contributed by atoms with Crippen LogP contribution in [0.25, 0.3) is 0 Å². The second kappa shape index (κ2) is 5.48. The highest BCUT2D eigenvalue weighted by molar-refractivity contribution is 4.86. The van der Waals surface area contributed by atoms with Crippen molar-refractivity contribution in [3.8, 4) is 0 Å². The lowest BCUT2D eigenvalue weighted by Crippen LogP contribution is -2.46. The summed E-state index contributed by atoms with van der Waals surface area (Å²) in [4.78, 5) is 0. The summed E-state index contributed by atoms with van der Waals surface area (Å²) in [6.07, 6.45) is 1.11. The van der Waals surface area contributed by atoms with Gasteiger partial charge in [0.25, 0.3) is 0 Å². The number of ether oxygens (including phenoxy) is 1. The summed E-state index contributed by atoms with van der Waals surface area (Å²) in [7, 11) is 0. The SMILES string of the molecule is CC(C)C(O)C(C)(C)CNC1CCOC1C. The van der Waals surface area contributed by atoms with E-state index in [1.54, 1.807) is 0 Å². The number of hydrogen-bond donors (Lipinski definition) is 2. The third kappa shape index (κ3) is 3.44. The molecule has 16 heavy (non-hydrogen) atoms. The van der Waals surface area contributed by atoms with Gasteiger partial charge in [-0.1, -0.05) is 27.7 Å². The molecular formula is C13H27NO2. The fourth-order valence-corrected chi connectivity index (χ4v) is 2.40. The molecule has 3 heteroatoms. The number of hydrogen-bond acceptors (Lipinski definition) is 3. The van der Waals surface area contributed by atoms with E-state index in [9.17, 15) is 5.11 Å². The quantitative estimate of drug-likeness (QED) is 0.755. The molecule has 1 heterocycles. The zero-order valence-electron chi connectivity index (χ0n) is 11.3. The van der Waals surface area contributed by atoms with Gasteiger partial charge in [0.05, 0.1) is 12.2 Å². The molecule has 0 saturated carbocycles. The van der Waals surface area contributed by atoms with Crippen molar-refractivity contribution in [3.05, 3.63) is 0 Å². The van der Waals surface area contributed by atoms with Crippen molar-refractivity contribution in [1.82, 2.24) is 5.32 Å². The van der Waals surface area contributed by atoms with Crippen LogP contribution >= 0.6 is 0 Å². The van der Waals surface area contributed by atoms with Gasteiger partial charge in [-0.15, -0.1) is 0 Å². The van der Waals surface area contributed by atoms with E-state index in [0.29, 0.717) is 18.1 Å². The molecule has 3 unspecified atom stereocenters. The molecule has 1 fully saturated rings. The second-order valence-electron chi connectivity index (χ2n) is 6.03. The standard InChI is InChI=1S/C13H27NO2/c1-9(2)12(15)13(4,5)8-14-11-6-7-16-10(11)3/h9-12,14-15H,6-8H2,1-5H3. The molecule has 96 valence electrons. The molecule has 3 nitrogen and oxygen atoms in total. The van der Waals surface area contributed by atoms with Gasteiger partial charge in [-0.25, -0.2) is 0 Å². The molecule has 0 aliphatic carbocycles. The van der Waals surface area contributed by atoms with E-state index in [1.165, 1.54) is 0 Å². The molecule has 0 aromatic rings. The Bertz CT molecular complexity index is 216. The van der Waals surface area contributed by atoms with Crippen LogP contribution < -0.4 is 5.32 Å². The number of aliphatic hydroxyl groups excluding tert-OH is 1. The average molecular weight is 229 g/mol. The van der Waals surface area contributed by atoms with Crippen molar-refractivity contribution < 1.29 is 9.84 Å². The highest BCUT2D eigenvalue weighted by atomic mass is 16.5. The molecule has 0 aromatic heterocycles. The van der Waals surface area contributed by atoms with E-state index in [4.69, 9.17) is 4.74 Å². The molecule has 0 amide bonds. The van der Waals surface area contributed by atoms with E-state index in [2.05, 4.69) is 39.9 Å². The zero-order chi connectivity index (χ0) is 12.3. The topological polar surface area (TPSA) is 41.5 Å². The van der Waals surface area contributed by atoms with Crippen molar-refractivity contribution in [2.24, 2.45) is 11.3 Å². The number of nitrogens with one attached hydrogen (secondary N) is 1. The lowest BCUT2D eigenvalue weighted by atomic mass is 9.80. The first-order valence-electron chi connectivity index (χ1n) is 6.37. The van der Waals surface area contributed by atoms with Gasteiger partial charge in [0.2, 0.25) is 0 Å². The van der Waals surface area contributed by atoms with Gasteiger partial charge in [0.15, 0.2) is 0 Å². The second-order valence-corrected chi connectivity index (χ2v) is 6.03. The smallest absolute Gasteiger partial charge is 0.0700 e. The Kier molecular flexibility index (Phi) is 4.77. The van der Waals surface area contributed by atoms with E-state index < -0.39 is 0 Å². The summed E-state index contributed by atoms with van der Waals surface area (Å²) in [6.45, 7) is 12.2.